The van der Waals surface area contributed by atoms with Crippen LogP contribution in [0.4, 0.5) is 10.5 Å². The molecule has 0 aliphatic heterocycles. The highest BCUT2D eigenvalue weighted by molar-refractivity contribution is 5.89. The lowest BCUT2D eigenvalue weighted by Crippen LogP contribution is -2.31. The number of benzene rings is 2. The lowest BCUT2D eigenvalue weighted by atomic mass is 10.0. The summed E-state index contributed by atoms with van der Waals surface area (Å²) >= 11 is 0. The van der Waals surface area contributed by atoms with Crippen molar-refractivity contribution in [3.8, 4) is 0 Å². The van der Waals surface area contributed by atoms with Crippen LogP contribution in [-0.4, -0.2) is 17.6 Å². The predicted octanol–water partition coefficient (Wildman–Crippen LogP) is 3.51. The van der Waals surface area contributed by atoms with Gasteiger partial charge >= 0.3 is 6.03 Å². The van der Waals surface area contributed by atoms with Crippen LogP contribution in [0, 0.1) is 13.8 Å². The van der Waals surface area contributed by atoms with E-state index in [0.717, 1.165) is 27.7 Å². The summed E-state index contributed by atoms with van der Waals surface area (Å²) in [5.41, 5.74) is 4.37. The van der Waals surface area contributed by atoms with Gasteiger partial charge in [0.05, 0.1) is 5.52 Å². The molecule has 3 rings (SSSR count). The molecule has 3 aromatic rings. The van der Waals surface area contributed by atoms with Gasteiger partial charge in [0.2, 0.25) is 0 Å². The van der Waals surface area contributed by atoms with E-state index >= 15 is 0 Å². The van der Waals surface area contributed by atoms with Crippen LogP contribution in [-0.2, 0) is 6.42 Å². The summed E-state index contributed by atoms with van der Waals surface area (Å²) in [6.07, 6.45) is 0.473. The molecule has 0 atom stereocenters. The van der Waals surface area contributed by atoms with Crippen LogP contribution in [0.15, 0.2) is 53.3 Å². The number of carbonyl (C=O) groups excluding carboxylic acids is 1. The Labute approximate surface area is 146 Å². The second-order valence-electron chi connectivity index (χ2n) is 6.17. The summed E-state index contributed by atoms with van der Waals surface area (Å²) < 4.78 is 0. The van der Waals surface area contributed by atoms with Crippen molar-refractivity contribution >= 4 is 22.6 Å². The number of anilines is 1. The van der Waals surface area contributed by atoms with Gasteiger partial charge in [0.25, 0.3) is 5.56 Å². The lowest BCUT2D eigenvalue weighted by molar-refractivity contribution is 0.252. The van der Waals surface area contributed by atoms with E-state index in [1.807, 2.05) is 56.3 Å². The Balaban J connectivity index is 1.66. The fourth-order valence-electron chi connectivity index (χ4n) is 2.93. The lowest BCUT2D eigenvalue weighted by Gasteiger charge is -2.09. The molecular formula is C20H21N3O2. The standard InChI is InChI=1S/C20H21N3O2/c1-13-10-14(2)18-16(11-13)12-15(19(24)23-18)8-9-21-20(25)22-17-6-4-3-5-7-17/h3-7,10-12H,8-9H2,1-2H3,(H,23,24)(H2,21,22,25). The highest BCUT2D eigenvalue weighted by atomic mass is 16.2. The van der Waals surface area contributed by atoms with E-state index in [9.17, 15) is 9.59 Å². The molecule has 5 nitrogen and oxygen atoms in total. The third-order valence-electron chi connectivity index (χ3n) is 4.08. The zero-order valence-corrected chi connectivity index (χ0v) is 14.3. The van der Waals surface area contributed by atoms with E-state index < -0.39 is 0 Å². The second-order valence-corrected chi connectivity index (χ2v) is 6.17. The van der Waals surface area contributed by atoms with Crippen molar-refractivity contribution in [1.29, 1.82) is 0 Å². The van der Waals surface area contributed by atoms with Gasteiger partial charge in [0, 0.05) is 17.8 Å². The van der Waals surface area contributed by atoms with Gasteiger partial charge in [-0.2, -0.15) is 0 Å². The van der Waals surface area contributed by atoms with Crippen molar-refractivity contribution in [3.05, 3.63) is 75.6 Å². The van der Waals surface area contributed by atoms with Crippen LogP contribution in [0.2, 0.25) is 0 Å². The molecular weight excluding hydrogens is 314 g/mol. The van der Waals surface area contributed by atoms with E-state index in [1.165, 1.54) is 0 Å². The van der Waals surface area contributed by atoms with Gasteiger partial charge in [0.1, 0.15) is 0 Å². The van der Waals surface area contributed by atoms with Gasteiger partial charge in [-0.25, -0.2) is 4.79 Å². The van der Waals surface area contributed by atoms with Crippen LogP contribution < -0.4 is 16.2 Å². The molecule has 0 aliphatic carbocycles. The quantitative estimate of drug-likeness (QED) is 0.682. The first-order valence-corrected chi connectivity index (χ1v) is 8.26. The summed E-state index contributed by atoms with van der Waals surface area (Å²) in [5, 5.41) is 6.54. The number of pyridine rings is 1. The Morgan fingerprint density at radius 1 is 1.08 bits per heavy atom. The maximum atomic E-state index is 12.3. The molecule has 25 heavy (non-hydrogen) atoms. The molecule has 1 aromatic heterocycles. The molecule has 0 aliphatic rings. The van der Waals surface area contributed by atoms with Gasteiger partial charge in [-0.15, -0.1) is 0 Å². The van der Waals surface area contributed by atoms with Crippen LogP contribution in [0.3, 0.4) is 0 Å². The van der Waals surface area contributed by atoms with Crippen molar-refractivity contribution in [3.63, 3.8) is 0 Å². The molecule has 1 heterocycles. The van der Waals surface area contributed by atoms with E-state index in [1.54, 1.807) is 0 Å². The Hall–Kier alpha value is -3.08. The van der Waals surface area contributed by atoms with Crippen LogP contribution in [0.5, 0.6) is 0 Å². The first-order chi connectivity index (χ1) is 12.0. The minimum atomic E-state index is -0.282. The first kappa shape index (κ1) is 16.8. The van der Waals surface area contributed by atoms with Crippen molar-refractivity contribution in [2.45, 2.75) is 20.3 Å². The van der Waals surface area contributed by atoms with Gasteiger partial charge < -0.3 is 15.6 Å². The zero-order valence-electron chi connectivity index (χ0n) is 14.3. The Morgan fingerprint density at radius 2 is 1.84 bits per heavy atom. The molecule has 0 saturated heterocycles. The molecule has 0 spiro atoms. The minimum Gasteiger partial charge on any atom is -0.338 e. The summed E-state index contributed by atoms with van der Waals surface area (Å²) in [4.78, 5) is 27.1. The van der Waals surface area contributed by atoms with Crippen LogP contribution >= 0.6 is 0 Å². The molecule has 2 aromatic carbocycles. The third-order valence-corrected chi connectivity index (χ3v) is 4.08. The van der Waals surface area contributed by atoms with E-state index in [4.69, 9.17) is 0 Å². The Kier molecular flexibility index (Phi) is 4.84. The number of hydrogen-bond acceptors (Lipinski definition) is 2. The summed E-state index contributed by atoms with van der Waals surface area (Å²) in [6, 6.07) is 15.0. The van der Waals surface area contributed by atoms with Crippen molar-refractivity contribution in [2.24, 2.45) is 0 Å². The van der Waals surface area contributed by atoms with E-state index in [-0.39, 0.29) is 11.6 Å². The largest absolute Gasteiger partial charge is 0.338 e. The Morgan fingerprint density at radius 3 is 2.60 bits per heavy atom. The van der Waals surface area contributed by atoms with Crippen molar-refractivity contribution < 1.29 is 4.79 Å². The number of urea groups is 1. The first-order valence-electron chi connectivity index (χ1n) is 8.26. The SMILES string of the molecule is Cc1cc(C)c2[nH]c(=O)c(CCNC(=O)Nc3ccccc3)cc2c1. The highest BCUT2D eigenvalue weighted by Gasteiger charge is 2.07. The van der Waals surface area contributed by atoms with Crippen molar-refractivity contribution in [1.82, 2.24) is 10.3 Å². The molecule has 2 amide bonds. The van der Waals surface area contributed by atoms with Crippen molar-refractivity contribution in [2.75, 3.05) is 11.9 Å². The highest BCUT2D eigenvalue weighted by Crippen LogP contribution is 2.18. The normalized spacial score (nSPS) is 10.6. The number of H-pyrrole nitrogens is 1. The summed E-state index contributed by atoms with van der Waals surface area (Å²) in [5.74, 6) is 0. The molecule has 0 bridgehead atoms. The number of fused-ring (bicyclic) bond motifs is 1. The average molecular weight is 335 g/mol. The maximum absolute atomic E-state index is 12.3. The fourth-order valence-corrected chi connectivity index (χ4v) is 2.93. The van der Waals surface area contributed by atoms with Gasteiger partial charge in [-0.1, -0.05) is 29.8 Å². The number of aromatic amines is 1. The van der Waals surface area contributed by atoms with E-state index in [0.29, 0.717) is 18.5 Å². The monoisotopic (exact) mass is 335 g/mol. The number of nitrogens with one attached hydrogen (secondary N) is 3. The molecule has 0 radical (unpaired) electrons. The molecule has 0 fully saturated rings. The maximum Gasteiger partial charge on any atom is 0.319 e. The average Bonchev–Trinajstić information content (AvgIpc) is 2.57. The van der Waals surface area contributed by atoms with Crippen LogP contribution in [0.1, 0.15) is 16.7 Å². The number of para-hydroxylation sites is 1. The predicted molar refractivity (Wildman–Crippen MR) is 101 cm³/mol. The molecule has 0 saturated carbocycles. The van der Waals surface area contributed by atoms with Gasteiger partial charge in [-0.05, 0) is 55.5 Å². The number of carbonyl (C=O) groups is 1. The topological polar surface area (TPSA) is 74.0 Å². The number of amides is 2. The zero-order chi connectivity index (χ0) is 17.8. The number of rotatable bonds is 4. The van der Waals surface area contributed by atoms with Crippen LogP contribution in [0.25, 0.3) is 10.9 Å². The second kappa shape index (κ2) is 7.21. The number of hydrogen-bond donors (Lipinski definition) is 3. The molecule has 128 valence electrons. The minimum absolute atomic E-state index is 0.107. The van der Waals surface area contributed by atoms with E-state index in [2.05, 4.69) is 21.7 Å². The smallest absolute Gasteiger partial charge is 0.319 e. The molecule has 5 heteroatoms. The summed E-state index contributed by atoms with van der Waals surface area (Å²) in [6.45, 7) is 4.41. The Bertz CT molecular complexity index is 962. The summed E-state index contributed by atoms with van der Waals surface area (Å²) in [7, 11) is 0. The molecule has 0 unspecified atom stereocenters. The fraction of sp³-hybridized carbons (Fsp3) is 0.200. The van der Waals surface area contributed by atoms with Gasteiger partial charge in [0.15, 0.2) is 0 Å². The third kappa shape index (κ3) is 4.07. The molecule has 3 N–H and O–H groups in total. The number of aromatic nitrogens is 1. The number of aryl methyl sites for hydroxylation is 2. The van der Waals surface area contributed by atoms with Gasteiger partial charge in [-0.3, -0.25) is 4.79 Å².